The number of benzene rings is 1. The predicted molar refractivity (Wildman–Crippen MR) is 157 cm³/mol. The minimum absolute atomic E-state index is 0.0693. The molecule has 0 radical (unpaired) electrons. The van der Waals surface area contributed by atoms with E-state index < -0.39 is 11.6 Å². The highest BCUT2D eigenvalue weighted by Gasteiger charge is 2.42. The molecule has 41 heavy (non-hydrogen) atoms. The molecule has 9 heteroatoms. The molecular formula is C32H42N4O5. The zero-order chi connectivity index (χ0) is 29.3. The molecule has 5 aliphatic heterocycles. The van der Waals surface area contributed by atoms with Gasteiger partial charge in [-0.2, -0.15) is 0 Å². The van der Waals surface area contributed by atoms with Gasteiger partial charge >= 0.3 is 0 Å². The third-order valence-corrected chi connectivity index (χ3v) is 8.41. The van der Waals surface area contributed by atoms with E-state index in [0.717, 1.165) is 37.0 Å². The number of amides is 2. The summed E-state index contributed by atoms with van der Waals surface area (Å²) in [6.07, 6.45) is 7.99. The van der Waals surface area contributed by atoms with Gasteiger partial charge in [0.2, 0.25) is 11.8 Å². The summed E-state index contributed by atoms with van der Waals surface area (Å²) in [5.74, 6) is 1.13. The topological polar surface area (TPSA) is 115 Å². The third kappa shape index (κ3) is 6.20. The third-order valence-electron chi connectivity index (χ3n) is 8.41. The van der Waals surface area contributed by atoms with Crippen molar-refractivity contribution in [3.63, 3.8) is 0 Å². The summed E-state index contributed by atoms with van der Waals surface area (Å²) in [7, 11) is 1.62. The van der Waals surface area contributed by atoms with E-state index in [1.165, 1.54) is 5.56 Å². The van der Waals surface area contributed by atoms with E-state index in [4.69, 9.17) is 24.9 Å². The van der Waals surface area contributed by atoms with Crippen LogP contribution in [0.2, 0.25) is 0 Å². The molecule has 6 bridgehead atoms. The molecule has 4 unspecified atom stereocenters. The van der Waals surface area contributed by atoms with E-state index in [-0.39, 0.29) is 35.8 Å². The first kappa shape index (κ1) is 28.9. The number of fused-ring (bicyclic) bond motifs is 7. The molecule has 0 spiro atoms. The molecule has 0 aromatic heterocycles. The Morgan fingerprint density at radius 1 is 1.24 bits per heavy atom. The molecule has 0 aliphatic carbocycles. The number of methoxy groups -OCH3 is 1. The highest BCUT2D eigenvalue weighted by molar-refractivity contribution is 5.99. The fraction of sp³-hybridized carbons (Fsp3) is 0.531. The van der Waals surface area contributed by atoms with Gasteiger partial charge in [-0.1, -0.05) is 31.2 Å². The van der Waals surface area contributed by atoms with Crippen LogP contribution in [0.3, 0.4) is 0 Å². The van der Waals surface area contributed by atoms with E-state index >= 15 is 0 Å². The molecule has 9 nitrogen and oxygen atoms in total. The molecule has 1 aromatic carbocycles. The number of hydrogen-bond donors (Lipinski definition) is 2. The number of allylic oxidation sites excluding steroid dienone is 2. The van der Waals surface area contributed by atoms with Gasteiger partial charge in [0, 0.05) is 42.6 Å². The number of guanidine groups is 1. The Kier molecular flexibility index (Phi) is 8.27. The number of carbonyl (C=O) groups is 2. The molecule has 5 aliphatic rings. The summed E-state index contributed by atoms with van der Waals surface area (Å²) in [6.45, 7) is 10.8. The van der Waals surface area contributed by atoms with Crippen LogP contribution >= 0.6 is 0 Å². The summed E-state index contributed by atoms with van der Waals surface area (Å²) < 4.78 is 17.8. The average molecular weight is 563 g/mol. The maximum Gasteiger partial charge on any atom is 0.247 e. The van der Waals surface area contributed by atoms with Gasteiger partial charge in [-0.25, -0.2) is 4.99 Å². The zero-order valence-electron chi connectivity index (χ0n) is 24.6. The van der Waals surface area contributed by atoms with Gasteiger partial charge < -0.3 is 25.3 Å². The van der Waals surface area contributed by atoms with E-state index in [0.29, 0.717) is 43.0 Å². The first-order chi connectivity index (χ1) is 19.6. The van der Waals surface area contributed by atoms with Crippen LogP contribution in [0.4, 0.5) is 0 Å². The minimum atomic E-state index is -0.451. The van der Waals surface area contributed by atoms with E-state index in [1.807, 2.05) is 19.9 Å². The molecule has 3 N–H and O–H groups in total. The first-order valence-electron chi connectivity index (χ1n) is 14.5. The van der Waals surface area contributed by atoms with Crippen molar-refractivity contribution in [1.82, 2.24) is 10.2 Å². The van der Waals surface area contributed by atoms with Crippen LogP contribution < -0.4 is 15.8 Å². The Balaban J connectivity index is 1.51. The first-order valence-corrected chi connectivity index (χ1v) is 14.5. The molecule has 5 heterocycles. The Morgan fingerprint density at radius 3 is 2.80 bits per heavy atom. The molecular weight excluding hydrogens is 520 g/mol. The fourth-order valence-corrected chi connectivity index (χ4v) is 6.32. The van der Waals surface area contributed by atoms with Crippen molar-refractivity contribution in [2.45, 2.75) is 83.0 Å². The molecule has 0 saturated carbocycles. The van der Waals surface area contributed by atoms with Gasteiger partial charge in [0.25, 0.3) is 0 Å². The summed E-state index contributed by atoms with van der Waals surface area (Å²) in [5.41, 5.74) is 9.36. The number of hydrogen-bond acceptors (Lipinski definition) is 7. The summed E-state index contributed by atoms with van der Waals surface area (Å²) in [4.78, 5) is 33.1. The van der Waals surface area contributed by atoms with Crippen molar-refractivity contribution in [3.8, 4) is 5.75 Å². The molecule has 220 valence electrons. The zero-order valence-corrected chi connectivity index (χ0v) is 24.6. The van der Waals surface area contributed by atoms with Crippen molar-refractivity contribution >= 4 is 17.8 Å². The van der Waals surface area contributed by atoms with Gasteiger partial charge in [-0.15, -0.1) is 0 Å². The monoisotopic (exact) mass is 562 g/mol. The number of nitrogens with one attached hydrogen (secondary N) is 1. The lowest BCUT2D eigenvalue weighted by molar-refractivity contribution is -0.131. The van der Waals surface area contributed by atoms with E-state index in [2.05, 4.69) is 24.0 Å². The average Bonchev–Trinajstić information content (AvgIpc) is 2.91. The molecule has 2 amide bonds. The number of aliphatic imine (C=N–C) groups is 1. The van der Waals surface area contributed by atoms with Crippen molar-refractivity contribution in [3.05, 3.63) is 65.0 Å². The summed E-state index contributed by atoms with van der Waals surface area (Å²) in [6, 6.07) is 5.51. The minimum Gasteiger partial charge on any atom is -0.493 e. The van der Waals surface area contributed by atoms with Crippen molar-refractivity contribution in [1.29, 1.82) is 0 Å². The van der Waals surface area contributed by atoms with Crippen LogP contribution in [-0.2, 0) is 25.5 Å². The van der Waals surface area contributed by atoms with Crippen LogP contribution in [0.5, 0.6) is 5.75 Å². The second-order valence-electron chi connectivity index (χ2n) is 12.2. The largest absolute Gasteiger partial charge is 0.493 e. The van der Waals surface area contributed by atoms with Crippen molar-refractivity contribution < 1.29 is 23.8 Å². The molecule has 1 aromatic rings. The van der Waals surface area contributed by atoms with E-state index in [9.17, 15) is 9.59 Å². The van der Waals surface area contributed by atoms with Gasteiger partial charge in [0.15, 0.2) is 5.96 Å². The van der Waals surface area contributed by atoms with Crippen LogP contribution in [-0.4, -0.2) is 60.7 Å². The van der Waals surface area contributed by atoms with Gasteiger partial charge in [-0.3, -0.25) is 14.5 Å². The number of nitrogens with two attached hydrogens (primary N) is 1. The fourth-order valence-electron chi connectivity index (χ4n) is 6.32. The highest BCUT2D eigenvalue weighted by atomic mass is 16.5. The van der Waals surface area contributed by atoms with Crippen LogP contribution in [0.1, 0.15) is 70.0 Å². The van der Waals surface area contributed by atoms with Crippen LogP contribution in [0, 0.1) is 5.92 Å². The maximum atomic E-state index is 13.5. The van der Waals surface area contributed by atoms with E-state index in [1.54, 1.807) is 31.1 Å². The van der Waals surface area contributed by atoms with Crippen molar-refractivity contribution in [2.75, 3.05) is 20.3 Å². The normalized spacial score (nSPS) is 31.0. The number of ether oxygens (including phenoxy) is 3. The molecule has 6 rings (SSSR count). The van der Waals surface area contributed by atoms with Crippen LogP contribution in [0.15, 0.2) is 58.8 Å². The Morgan fingerprint density at radius 2 is 2.05 bits per heavy atom. The maximum absolute atomic E-state index is 13.5. The smallest absolute Gasteiger partial charge is 0.247 e. The molecule has 1 saturated heterocycles. The number of carbonyl (C=O) groups excluding carboxylic acids is 2. The number of rotatable bonds is 2. The van der Waals surface area contributed by atoms with Gasteiger partial charge in [0.05, 0.1) is 31.3 Å². The standard InChI is InChI=1S/C32H42N4O5/c1-19-10-12-26-20(2)29(22(17-39-5)18-40-26)36-28(37)15-23(34-31(36)33)9-7-6-8-21-11-13-27-24(14-21)25(35-30(19)38)16-32(3,4)41-27/h10-14,22-23,25,29H,2,6-9,15-18H2,1,3-5H3,(H2,33,34)(H,35,38)/b19-10+,26-12+. The lowest BCUT2D eigenvalue weighted by Gasteiger charge is -2.43. The molecule has 4 atom stereocenters. The molecule has 1 fully saturated rings. The summed E-state index contributed by atoms with van der Waals surface area (Å²) in [5, 5.41) is 3.24. The predicted octanol–water partition coefficient (Wildman–Crippen LogP) is 4.09. The highest BCUT2D eigenvalue weighted by Crippen LogP contribution is 2.40. The lowest BCUT2D eigenvalue weighted by atomic mass is 9.87. The lowest BCUT2D eigenvalue weighted by Crippen LogP contribution is -2.58. The second kappa shape index (κ2) is 11.7. The SMILES string of the molecule is C=C1/C2=C\C=C(/C)C(=O)NC3CC(C)(C)Oc4ccc(cc43)CCCCC3CC(=O)N(C(N)=N3)C1C(COC)CO2. The van der Waals surface area contributed by atoms with Gasteiger partial charge in [0.1, 0.15) is 17.1 Å². The quantitative estimate of drug-likeness (QED) is 0.561. The summed E-state index contributed by atoms with van der Waals surface area (Å²) >= 11 is 0. The number of nitrogens with zero attached hydrogens (tertiary/aromatic N) is 2. The van der Waals surface area contributed by atoms with Gasteiger partial charge in [-0.05, 0) is 57.7 Å². The Hall–Kier alpha value is -3.59. The second-order valence-corrected chi connectivity index (χ2v) is 12.2. The Bertz CT molecular complexity index is 1310. The van der Waals surface area contributed by atoms with Crippen molar-refractivity contribution in [2.24, 2.45) is 16.6 Å². The van der Waals surface area contributed by atoms with Crippen LogP contribution in [0.25, 0.3) is 0 Å². The Labute approximate surface area is 242 Å². The number of aryl methyl sites for hydroxylation is 1.